The maximum atomic E-state index is 11.9. The second-order valence-electron chi connectivity index (χ2n) is 5.04. The summed E-state index contributed by atoms with van der Waals surface area (Å²) in [5.74, 6) is -0.337. The second-order valence-corrected chi connectivity index (χ2v) is 6.08. The highest BCUT2D eigenvalue weighted by molar-refractivity contribution is 8.13. The Morgan fingerprint density at radius 2 is 2.16 bits per heavy atom. The summed E-state index contributed by atoms with van der Waals surface area (Å²) in [6.07, 6.45) is 0.334. The van der Waals surface area contributed by atoms with Crippen molar-refractivity contribution in [2.45, 2.75) is 13.3 Å². The van der Waals surface area contributed by atoms with Crippen LogP contribution >= 0.6 is 11.8 Å². The number of hydrogen-bond acceptors (Lipinski definition) is 4. The molecule has 2 heterocycles. The summed E-state index contributed by atoms with van der Waals surface area (Å²) in [7, 11) is 0. The van der Waals surface area contributed by atoms with Crippen LogP contribution in [0.4, 0.5) is 4.79 Å². The van der Waals surface area contributed by atoms with Crippen LogP contribution < -0.4 is 0 Å². The number of amides is 2. The van der Waals surface area contributed by atoms with Gasteiger partial charge in [0.25, 0.3) is 5.24 Å². The van der Waals surface area contributed by atoms with E-state index < -0.39 is 11.9 Å². The van der Waals surface area contributed by atoms with Crippen LogP contribution in [0.5, 0.6) is 0 Å². The highest BCUT2D eigenvalue weighted by Crippen LogP contribution is 2.25. The van der Waals surface area contributed by atoms with E-state index in [0.717, 1.165) is 12.3 Å². The van der Waals surface area contributed by atoms with Crippen molar-refractivity contribution in [1.29, 1.82) is 0 Å². The number of nitrogens with zero attached hydrogens (tertiary/aromatic N) is 2. The summed E-state index contributed by atoms with van der Waals surface area (Å²) in [6.45, 7) is 3.91. The summed E-state index contributed by atoms with van der Waals surface area (Å²) in [6, 6.07) is 0. The molecule has 0 spiro atoms. The molecule has 19 heavy (non-hydrogen) atoms. The Balaban J connectivity index is 1.69. The summed E-state index contributed by atoms with van der Waals surface area (Å²) < 4.78 is 0. The fraction of sp³-hybridized carbons (Fsp3) is 0.750. The molecule has 2 aliphatic rings. The van der Waals surface area contributed by atoms with Gasteiger partial charge in [-0.05, 0) is 0 Å². The Kier molecular flexibility index (Phi) is 4.34. The predicted octanol–water partition coefficient (Wildman–Crippen LogP) is 0.724. The van der Waals surface area contributed by atoms with Crippen molar-refractivity contribution < 1.29 is 19.5 Å². The quantitative estimate of drug-likeness (QED) is 0.806. The third-order valence-electron chi connectivity index (χ3n) is 3.80. The molecular formula is C12H18N2O4S. The normalized spacial score (nSPS) is 21.4. The van der Waals surface area contributed by atoms with Gasteiger partial charge < -0.3 is 14.9 Å². The van der Waals surface area contributed by atoms with Crippen LogP contribution in [0.25, 0.3) is 0 Å². The third kappa shape index (κ3) is 3.20. The maximum Gasteiger partial charge on any atom is 0.306 e. The van der Waals surface area contributed by atoms with E-state index in [1.54, 1.807) is 16.7 Å². The van der Waals surface area contributed by atoms with Gasteiger partial charge in [-0.3, -0.25) is 14.4 Å². The van der Waals surface area contributed by atoms with Gasteiger partial charge in [0.2, 0.25) is 5.91 Å². The molecule has 0 aromatic rings. The molecular weight excluding hydrogens is 268 g/mol. The number of likely N-dealkylation sites (tertiary alicyclic amines) is 1. The highest BCUT2D eigenvalue weighted by Gasteiger charge is 2.37. The van der Waals surface area contributed by atoms with Gasteiger partial charge in [-0.25, -0.2) is 0 Å². The van der Waals surface area contributed by atoms with E-state index in [-0.39, 0.29) is 17.1 Å². The number of carboxylic acids is 1. The third-order valence-corrected chi connectivity index (χ3v) is 4.69. The van der Waals surface area contributed by atoms with Crippen LogP contribution in [0.2, 0.25) is 0 Å². The fourth-order valence-corrected chi connectivity index (χ4v) is 3.10. The summed E-state index contributed by atoms with van der Waals surface area (Å²) in [5, 5.41) is 8.92. The Hall–Kier alpha value is -1.24. The number of carboxylic acid groups (broad SMARTS) is 1. The molecule has 2 amide bonds. The van der Waals surface area contributed by atoms with Crippen molar-refractivity contribution in [2.75, 3.05) is 31.9 Å². The molecule has 106 valence electrons. The van der Waals surface area contributed by atoms with Crippen LogP contribution in [-0.4, -0.2) is 64.0 Å². The molecule has 7 heteroatoms. The molecule has 0 aromatic heterocycles. The first-order valence-electron chi connectivity index (χ1n) is 6.41. The van der Waals surface area contributed by atoms with Gasteiger partial charge in [-0.1, -0.05) is 18.7 Å². The van der Waals surface area contributed by atoms with Gasteiger partial charge in [-0.2, -0.15) is 0 Å². The van der Waals surface area contributed by atoms with E-state index in [9.17, 15) is 14.4 Å². The fourth-order valence-electron chi connectivity index (χ4n) is 2.25. The SMILES string of the molecule is CC(C(=O)O)C1CN(C(=O)CCN2CCSC2=O)C1. The van der Waals surface area contributed by atoms with Crippen molar-refractivity contribution >= 4 is 28.9 Å². The summed E-state index contributed by atoms with van der Waals surface area (Å²) in [4.78, 5) is 37.4. The average molecular weight is 286 g/mol. The zero-order valence-electron chi connectivity index (χ0n) is 10.9. The topological polar surface area (TPSA) is 77.9 Å². The lowest BCUT2D eigenvalue weighted by Crippen LogP contribution is -2.53. The van der Waals surface area contributed by atoms with Gasteiger partial charge in [0.05, 0.1) is 5.92 Å². The predicted molar refractivity (Wildman–Crippen MR) is 70.9 cm³/mol. The monoisotopic (exact) mass is 286 g/mol. The first-order chi connectivity index (χ1) is 8.99. The van der Waals surface area contributed by atoms with E-state index in [1.807, 2.05) is 0 Å². The lowest BCUT2D eigenvalue weighted by Gasteiger charge is -2.41. The molecule has 2 aliphatic heterocycles. The molecule has 1 N–H and O–H groups in total. The molecule has 1 unspecified atom stereocenters. The number of thioether (sulfide) groups is 1. The summed E-state index contributed by atoms with van der Waals surface area (Å²) in [5.41, 5.74) is 0. The van der Waals surface area contributed by atoms with Crippen molar-refractivity contribution in [3.8, 4) is 0 Å². The van der Waals surface area contributed by atoms with Gasteiger partial charge >= 0.3 is 5.97 Å². The Morgan fingerprint density at radius 3 is 2.68 bits per heavy atom. The Bertz CT molecular complexity index is 395. The molecule has 2 rings (SSSR count). The molecule has 0 saturated carbocycles. The average Bonchev–Trinajstić information content (AvgIpc) is 2.70. The van der Waals surface area contributed by atoms with Crippen molar-refractivity contribution in [2.24, 2.45) is 11.8 Å². The smallest absolute Gasteiger partial charge is 0.306 e. The standard InChI is InChI=1S/C12H18N2O4S/c1-8(11(16)17)9-6-14(7-9)10(15)2-3-13-4-5-19-12(13)18/h8-9H,2-7H2,1H3,(H,16,17). The molecule has 1 atom stereocenters. The van der Waals surface area contributed by atoms with Crippen molar-refractivity contribution in [3.05, 3.63) is 0 Å². The van der Waals surface area contributed by atoms with E-state index in [0.29, 0.717) is 26.1 Å². The van der Waals surface area contributed by atoms with E-state index in [4.69, 9.17) is 5.11 Å². The van der Waals surface area contributed by atoms with Crippen LogP contribution in [0.15, 0.2) is 0 Å². The molecule has 0 bridgehead atoms. The largest absolute Gasteiger partial charge is 0.481 e. The number of hydrogen-bond donors (Lipinski definition) is 1. The van der Waals surface area contributed by atoms with Gasteiger partial charge in [0, 0.05) is 44.3 Å². The van der Waals surface area contributed by atoms with Crippen molar-refractivity contribution in [1.82, 2.24) is 9.80 Å². The molecule has 6 nitrogen and oxygen atoms in total. The zero-order chi connectivity index (χ0) is 14.0. The lowest BCUT2D eigenvalue weighted by molar-refractivity contribution is -0.150. The zero-order valence-corrected chi connectivity index (χ0v) is 11.7. The van der Waals surface area contributed by atoms with Gasteiger partial charge in [0.15, 0.2) is 0 Å². The number of rotatable bonds is 5. The number of carbonyl (C=O) groups is 3. The van der Waals surface area contributed by atoms with Crippen LogP contribution in [-0.2, 0) is 9.59 Å². The number of aliphatic carboxylic acids is 1. The molecule has 2 fully saturated rings. The highest BCUT2D eigenvalue weighted by atomic mass is 32.2. The van der Waals surface area contributed by atoms with Crippen LogP contribution in [0.1, 0.15) is 13.3 Å². The van der Waals surface area contributed by atoms with Gasteiger partial charge in [0.1, 0.15) is 0 Å². The Labute approximate surface area is 116 Å². The van der Waals surface area contributed by atoms with Gasteiger partial charge in [-0.15, -0.1) is 0 Å². The molecule has 0 aromatic carbocycles. The second kappa shape index (κ2) is 5.81. The lowest BCUT2D eigenvalue weighted by atomic mass is 9.87. The first-order valence-corrected chi connectivity index (χ1v) is 7.40. The minimum atomic E-state index is -0.809. The molecule has 2 saturated heterocycles. The number of carbonyl (C=O) groups excluding carboxylic acids is 2. The minimum absolute atomic E-state index is 0.0125. The minimum Gasteiger partial charge on any atom is -0.481 e. The summed E-state index contributed by atoms with van der Waals surface area (Å²) >= 11 is 1.29. The van der Waals surface area contributed by atoms with Crippen molar-refractivity contribution in [3.63, 3.8) is 0 Å². The van der Waals surface area contributed by atoms with E-state index >= 15 is 0 Å². The molecule has 0 aliphatic carbocycles. The van der Waals surface area contributed by atoms with E-state index in [1.165, 1.54) is 11.8 Å². The van der Waals surface area contributed by atoms with E-state index in [2.05, 4.69) is 0 Å². The van der Waals surface area contributed by atoms with Crippen LogP contribution in [0.3, 0.4) is 0 Å². The molecule has 0 radical (unpaired) electrons. The Morgan fingerprint density at radius 1 is 1.47 bits per heavy atom. The maximum absolute atomic E-state index is 11.9. The first kappa shape index (κ1) is 14.2. The van der Waals surface area contributed by atoms with Crippen LogP contribution in [0, 0.1) is 11.8 Å².